The number of rotatable bonds is 3. The lowest BCUT2D eigenvalue weighted by Crippen LogP contribution is -2.19. The molecule has 14 heavy (non-hydrogen) atoms. The average molecular weight is 344 g/mol. The molecule has 0 aliphatic rings. The molecular weight excluding hydrogens is 335 g/mol. The van der Waals surface area contributed by atoms with E-state index in [2.05, 4.69) is 31.9 Å². The van der Waals surface area contributed by atoms with Gasteiger partial charge in [0.1, 0.15) is 6.10 Å². The molecule has 5 heteroatoms. The molecule has 0 radical (unpaired) electrons. The van der Waals surface area contributed by atoms with Gasteiger partial charge in [0.15, 0.2) is 0 Å². The topological polar surface area (TPSA) is 40.5 Å². The molecule has 0 aliphatic heterocycles. The number of hydrogen-bond donors (Lipinski definition) is 2. The summed E-state index contributed by atoms with van der Waals surface area (Å²) in [6, 6.07) is 5.13. The zero-order valence-electron chi connectivity index (χ0n) is 7.12. The normalized spacial score (nSPS) is 15.2. The van der Waals surface area contributed by atoms with E-state index in [1.165, 1.54) is 0 Å². The van der Waals surface area contributed by atoms with Crippen molar-refractivity contribution >= 4 is 43.5 Å². The van der Waals surface area contributed by atoms with Crippen molar-refractivity contribution in [2.24, 2.45) is 0 Å². The van der Waals surface area contributed by atoms with E-state index < -0.39 is 12.2 Å². The van der Waals surface area contributed by atoms with Gasteiger partial charge in [0.05, 0.1) is 6.10 Å². The Morgan fingerprint density at radius 2 is 2.00 bits per heavy atom. The molecule has 2 N–H and O–H groups in total. The van der Waals surface area contributed by atoms with Crippen molar-refractivity contribution in [1.82, 2.24) is 0 Å². The summed E-state index contributed by atoms with van der Waals surface area (Å²) >= 11 is 12.3. The Bertz CT molecular complexity index is 320. The average Bonchev–Trinajstić information content (AvgIpc) is 2.15. The smallest absolute Gasteiger partial charge is 0.107 e. The van der Waals surface area contributed by atoms with Gasteiger partial charge in [-0.05, 0) is 12.1 Å². The molecule has 1 aromatic rings. The van der Waals surface area contributed by atoms with E-state index in [1.807, 2.05) is 0 Å². The number of benzene rings is 1. The lowest BCUT2D eigenvalue weighted by atomic mass is 10.1. The second-order valence-corrected chi connectivity index (χ2v) is 4.80. The second-order valence-electron chi connectivity index (χ2n) is 2.83. The van der Waals surface area contributed by atoms with Crippen LogP contribution in [0.25, 0.3) is 0 Å². The summed E-state index contributed by atoms with van der Waals surface area (Å²) in [6.07, 6.45) is -1.82. The van der Waals surface area contributed by atoms with Crippen molar-refractivity contribution in [3.63, 3.8) is 0 Å². The Morgan fingerprint density at radius 3 is 2.50 bits per heavy atom. The maximum atomic E-state index is 9.68. The molecule has 2 nitrogen and oxygen atoms in total. The Morgan fingerprint density at radius 1 is 1.36 bits per heavy atom. The van der Waals surface area contributed by atoms with Crippen molar-refractivity contribution in [1.29, 1.82) is 0 Å². The summed E-state index contributed by atoms with van der Waals surface area (Å²) in [5, 5.41) is 19.8. The molecule has 2 atom stereocenters. The van der Waals surface area contributed by atoms with Crippen LogP contribution in [0.3, 0.4) is 0 Å². The standard InChI is InChI=1S/C9H9Br2ClO2/c10-4-8(13)9(14)6-2-1-5(11)3-7(6)12/h1-3,8-9,13-14H,4H2. The largest absolute Gasteiger partial charge is 0.389 e. The maximum Gasteiger partial charge on any atom is 0.107 e. The molecule has 0 saturated heterocycles. The Kier molecular flexibility index (Phi) is 4.87. The number of aliphatic hydroxyl groups excluding tert-OH is 2. The van der Waals surface area contributed by atoms with Gasteiger partial charge in [-0.25, -0.2) is 0 Å². The van der Waals surface area contributed by atoms with E-state index in [4.69, 9.17) is 11.6 Å². The molecule has 2 unspecified atom stereocenters. The quantitative estimate of drug-likeness (QED) is 0.828. The second kappa shape index (κ2) is 5.47. The molecule has 0 spiro atoms. The number of alkyl halides is 1. The molecule has 78 valence electrons. The first kappa shape index (κ1) is 12.5. The van der Waals surface area contributed by atoms with E-state index in [1.54, 1.807) is 18.2 Å². The van der Waals surface area contributed by atoms with Gasteiger partial charge >= 0.3 is 0 Å². The van der Waals surface area contributed by atoms with Crippen LogP contribution in [-0.4, -0.2) is 21.6 Å². The summed E-state index contributed by atoms with van der Waals surface area (Å²) in [7, 11) is 0. The Labute approximate surface area is 104 Å². The number of aliphatic hydroxyl groups is 2. The van der Waals surface area contributed by atoms with Crippen LogP contribution in [-0.2, 0) is 0 Å². The van der Waals surface area contributed by atoms with E-state index in [9.17, 15) is 10.2 Å². The molecule has 1 aromatic carbocycles. The summed E-state index contributed by atoms with van der Waals surface area (Å²) in [6.45, 7) is 0. The van der Waals surface area contributed by atoms with E-state index in [0.29, 0.717) is 15.9 Å². The van der Waals surface area contributed by atoms with Crippen LogP contribution in [0, 0.1) is 0 Å². The van der Waals surface area contributed by atoms with Gasteiger partial charge in [0.2, 0.25) is 0 Å². The monoisotopic (exact) mass is 342 g/mol. The zero-order chi connectivity index (χ0) is 10.7. The Balaban J connectivity index is 2.95. The summed E-state index contributed by atoms with van der Waals surface area (Å²) < 4.78 is 0.840. The van der Waals surface area contributed by atoms with Gasteiger partial charge in [-0.2, -0.15) is 0 Å². The van der Waals surface area contributed by atoms with Gasteiger partial charge < -0.3 is 10.2 Å². The molecular formula is C9H9Br2ClO2. The first-order valence-corrected chi connectivity index (χ1v) is 6.22. The fraction of sp³-hybridized carbons (Fsp3) is 0.333. The molecule has 0 fully saturated rings. The molecule has 0 aromatic heterocycles. The molecule has 0 heterocycles. The summed E-state index contributed by atoms with van der Waals surface area (Å²) in [5.74, 6) is 0. The highest BCUT2D eigenvalue weighted by atomic mass is 79.9. The van der Waals surface area contributed by atoms with Crippen molar-refractivity contribution in [3.8, 4) is 0 Å². The highest BCUT2D eigenvalue weighted by molar-refractivity contribution is 9.10. The SMILES string of the molecule is OC(CBr)C(O)c1ccc(Br)cc1Cl. The van der Waals surface area contributed by atoms with Crippen LogP contribution in [0.4, 0.5) is 0 Å². The molecule has 0 saturated carbocycles. The zero-order valence-corrected chi connectivity index (χ0v) is 11.1. The third-order valence-electron chi connectivity index (χ3n) is 1.80. The van der Waals surface area contributed by atoms with Crippen LogP contribution in [0.15, 0.2) is 22.7 Å². The van der Waals surface area contributed by atoms with Crippen molar-refractivity contribution in [3.05, 3.63) is 33.3 Å². The number of halogens is 3. The van der Waals surface area contributed by atoms with Crippen molar-refractivity contribution in [2.75, 3.05) is 5.33 Å². The Hall–Kier alpha value is 0.390. The predicted octanol–water partition coefficient (Wildman–Crippen LogP) is 2.89. The summed E-state index contributed by atoms with van der Waals surface area (Å²) in [5.41, 5.74) is 0.529. The van der Waals surface area contributed by atoms with Gasteiger partial charge in [0.25, 0.3) is 0 Å². The molecule has 0 amide bonds. The van der Waals surface area contributed by atoms with E-state index in [-0.39, 0.29) is 0 Å². The lowest BCUT2D eigenvalue weighted by Gasteiger charge is -2.17. The van der Waals surface area contributed by atoms with Gasteiger partial charge in [-0.1, -0.05) is 49.5 Å². The van der Waals surface area contributed by atoms with Crippen LogP contribution in [0.1, 0.15) is 11.7 Å². The third-order valence-corrected chi connectivity index (χ3v) is 3.29. The number of hydrogen-bond acceptors (Lipinski definition) is 2. The fourth-order valence-corrected chi connectivity index (χ4v) is 2.17. The van der Waals surface area contributed by atoms with Gasteiger partial charge in [-0.3, -0.25) is 0 Å². The molecule has 0 bridgehead atoms. The minimum Gasteiger partial charge on any atom is -0.389 e. The minimum absolute atomic E-state index is 0.306. The highest BCUT2D eigenvalue weighted by Gasteiger charge is 2.19. The van der Waals surface area contributed by atoms with Crippen LogP contribution < -0.4 is 0 Å². The maximum absolute atomic E-state index is 9.68. The lowest BCUT2D eigenvalue weighted by molar-refractivity contribution is 0.0343. The van der Waals surface area contributed by atoms with E-state index in [0.717, 1.165) is 4.47 Å². The van der Waals surface area contributed by atoms with Crippen LogP contribution in [0.2, 0.25) is 5.02 Å². The first-order valence-electron chi connectivity index (χ1n) is 3.93. The fourth-order valence-electron chi connectivity index (χ4n) is 1.03. The minimum atomic E-state index is -0.963. The van der Waals surface area contributed by atoms with Crippen LogP contribution >= 0.6 is 43.5 Å². The third kappa shape index (κ3) is 2.94. The molecule has 1 rings (SSSR count). The predicted molar refractivity (Wildman–Crippen MR) is 63.9 cm³/mol. The molecule has 0 aliphatic carbocycles. The van der Waals surface area contributed by atoms with Crippen molar-refractivity contribution < 1.29 is 10.2 Å². The van der Waals surface area contributed by atoms with Gasteiger partial charge in [0, 0.05) is 20.4 Å². The van der Waals surface area contributed by atoms with Crippen LogP contribution in [0.5, 0.6) is 0 Å². The van der Waals surface area contributed by atoms with E-state index >= 15 is 0 Å². The van der Waals surface area contributed by atoms with Gasteiger partial charge in [-0.15, -0.1) is 0 Å². The first-order chi connectivity index (χ1) is 6.56. The van der Waals surface area contributed by atoms with Crippen molar-refractivity contribution in [2.45, 2.75) is 12.2 Å². The summed E-state index contributed by atoms with van der Waals surface area (Å²) in [4.78, 5) is 0. The highest BCUT2D eigenvalue weighted by Crippen LogP contribution is 2.28.